The highest BCUT2D eigenvalue weighted by Crippen LogP contribution is 2.21. The van der Waals surface area contributed by atoms with Crippen LogP contribution < -0.4 is 11.1 Å². The third kappa shape index (κ3) is 2.13. The number of nitrogen functional groups attached to an aromatic ring is 1. The minimum Gasteiger partial charge on any atom is -0.399 e. The number of H-pyrrole nitrogens is 1. The second-order valence-corrected chi connectivity index (χ2v) is 4.92. The maximum absolute atomic E-state index is 5.75. The molecule has 1 aromatic carbocycles. The van der Waals surface area contributed by atoms with Crippen molar-refractivity contribution in [2.75, 3.05) is 24.3 Å². The van der Waals surface area contributed by atoms with E-state index in [0.29, 0.717) is 12.0 Å². The molecule has 96 valence electrons. The smallest absolute Gasteiger partial charge is 0.201 e. The zero-order chi connectivity index (χ0) is 12.5. The highest BCUT2D eigenvalue weighted by Gasteiger charge is 2.22. The molecule has 3 rings (SSSR count). The normalized spacial score (nSPS) is 21.3. The molecule has 0 bridgehead atoms. The van der Waals surface area contributed by atoms with Gasteiger partial charge >= 0.3 is 0 Å². The first kappa shape index (κ1) is 11.3. The topological polar surface area (TPSA) is 76.0 Å². The van der Waals surface area contributed by atoms with Gasteiger partial charge in [0.2, 0.25) is 5.95 Å². The Balaban J connectivity index is 1.77. The number of imidazole rings is 1. The van der Waals surface area contributed by atoms with Crippen LogP contribution in [0.25, 0.3) is 11.0 Å². The van der Waals surface area contributed by atoms with Crippen molar-refractivity contribution in [1.82, 2.24) is 9.97 Å². The number of aromatic nitrogens is 2. The van der Waals surface area contributed by atoms with E-state index < -0.39 is 0 Å². The average Bonchev–Trinajstić information content (AvgIpc) is 2.95. The lowest BCUT2D eigenvalue weighted by atomic mass is 10.0. The molecule has 18 heavy (non-hydrogen) atoms. The lowest BCUT2D eigenvalue weighted by molar-refractivity contribution is 0.183. The number of aromatic amines is 1. The van der Waals surface area contributed by atoms with E-state index in [2.05, 4.69) is 22.2 Å². The quantitative estimate of drug-likeness (QED) is 0.724. The SMILES string of the molecule is CC(Nc1nc2ccc(N)cc2[nH]1)C1CCOC1. The van der Waals surface area contributed by atoms with E-state index >= 15 is 0 Å². The Morgan fingerprint density at radius 2 is 2.44 bits per heavy atom. The summed E-state index contributed by atoms with van der Waals surface area (Å²) in [4.78, 5) is 7.75. The molecule has 0 saturated carbocycles. The van der Waals surface area contributed by atoms with Gasteiger partial charge in [-0.05, 0) is 31.5 Å². The molecule has 0 radical (unpaired) electrons. The largest absolute Gasteiger partial charge is 0.399 e. The van der Waals surface area contributed by atoms with E-state index in [9.17, 15) is 0 Å². The molecule has 2 unspecified atom stereocenters. The summed E-state index contributed by atoms with van der Waals surface area (Å²) in [6.45, 7) is 3.87. The fraction of sp³-hybridized carbons (Fsp3) is 0.462. The minimum absolute atomic E-state index is 0.352. The van der Waals surface area contributed by atoms with Crippen molar-refractivity contribution < 1.29 is 4.74 Å². The summed E-state index contributed by atoms with van der Waals surface area (Å²) in [5.41, 5.74) is 8.39. The first-order valence-corrected chi connectivity index (χ1v) is 6.32. The Morgan fingerprint density at radius 1 is 1.56 bits per heavy atom. The number of benzene rings is 1. The molecule has 1 saturated heterocycles. The first-order chi connectivity index (χ1) is 8.72. The molecule has 1 aliphatic heterocycles. The Morgan fingerprint density at radius 3 is 3.22 bits per heavy atom. The predicted octanol–water partition coefficient (Wildman–Crippen LogP) is 1.98. The van der Waals surface area contributed by atoms with E-state index in [-0.39, 0.29) is 0 Å². The van der Waals surface area contributed by atoms with E-state index in [4.69, 9.17) is 10.5 Å². The van der Waals surface area contributed by atoms with Crippen molar-refractivity contribution >= 4 is 22.7 Å². The van der Waals surface area contributed by atoms with Crippen LogP contribution in [0.2, 0.25) is 0 Å². The molecule has 5 heteroatoms. The van der Waals surface area contributed by atoms with Gasteiger partial charge in [-0.3, -0.25) is 0 Å². The third-order valence-electron chi connectivity index (χ3n) is 3.54. The summed E-state index contributed by atoms with van der Waals surface area (Å²) in [7, 11) is 0. The van der Waals surface area contributed by atoms with Gasteiger partial charge in [-0.2, -0.15) is 0 Å². The van der Waals surface area contributed by atoms with E-state index in [1.807, 2.05) is 18.2 Å². The highest BCUT2D eigenvalue weighted by atomic mass is 16.5. The van der Waals surface area contributed by atoms with Crippen LogP contribution in [0, 0.1) is 5.92 Å². The number of anilines is 2. The zero-order valence-corrected chi connectivity index (χ0v) is 10.4. The van der Waals surface area contributed by atoms with E-state index in [0.717, 1.165) is 42.3 Å². The van der Waals surface area contributed by atoms with Gasteiger partial charge in [-0.25, -0.2) is 4.98 Å². The Hall–Kier alpha value is -1.75. The summed E-state index contributed by atoms with van der Waals surface area (Å²) >= 11 is 0. The van der Waals surface area contributed by atoms with Gasteiger partial charge in [-0.15, -0.1) is 0 Å². The molecule has 2 atom stereocenters. The van der Waals surface area contributed by atoms with Gasteiger partial charge in [0.25, 0.3) is 0 Å². The number of nitrogens with two attached hydrogens (primary N) is 1. The molecule has 2 aromatic rings. The van der Waals surface area contributed by atoms with Gasteiger partial charge < -0.3 is 20.8 Å². The fourth-order valence-electron chi connectivity index (χ4n) is 2.38. The van der Waals surface area contributed by atoms with Crippen LogP contribution in [0.4, 0.5) is 11.6 Å². The molecule has 0 aliphatic carbocycles. The maximum atomic E-state index is 5.75. The minimum atomic E-state index is 0.352. The van der Waals surface area contributed by atoms with Crippen LogP contribution in [0.15, 0.2) is 18.2 Å². The second kappa shape index (κ2) is 4.49. The number of nitrogens with zero attached hydrogens (tertiary/aromatic N) is 1. The number of hydrogen-bond acceptors (Lipinski definition) is 4. The van der Waals surface area contributed by atoms with Crippen molar-refractivity contribution in [1.29, 1.82) is 0 Å². The first-order valence-electron chi connectivity index (χ1n) is 6.32. The summed E-state index contributed by atoms with van der Waals surface area (Å²) < 4.78 is 5.40. The molecule has 1 aliphatic rings. The molecule has 2 heterocycles. The van der Waals surface area contributed by atoms with Crippen molar-refractivity contribution in [3.63, 3.8) is 0 Å². The lowest BCUT2D eigenvalue weighted by Gasteiger charge is -2.18. The predicted molar refractivity (Wildman–Crippen MR) is 72.5 cm³/mol. The number of rotatable bonds is 3. The summed E-state index contributed by atoms with van der Waals surface area (Å²) in [6.07, 6.45) is 1.11. The van der Waals surface area contributed by atoms with Crippen LogP contribution in [0.5, 0.6) is 0 Å². The standard InChI is InChI=1S/C13H18N4O/c1-8(9-4-5-18-7-9)15-13-16-11-3-2-10(14)6-12(11)17-13/h2-3,6,8-9H,4-5,7,14H2,1H3,(H2,15,16,17). The number of hydrogen-bond donors (Lipinski definition) is 3. The lowest BCUT2D eigenvalue weighted by Crippen LogP contribution is -2.26. The molecule has 4 N–H and O–H groups in total. The third-order valence-corrected chi connectivity index (χ3v) is 3.54. The van der Waals surface area contributed by atoms with Crippen molar-refractivity contribution in [3.8, 4) is 0 Å². The second-order valence-electron chi connectivity index (χ2n) is 4.92. The number of nitrogens with one attached hydrogen (secondary N) is 2. The molecule has 1 aromatic heterocycles. The Kier molecular flexibility index (Phi) is 2.83. The van der Waals surface area contributed by atoms with E-state index in [1.165, 1.54) is 0 Å². The van der Waals surface area contributed by atoms with Crippen molar-refractivity contribution in [3.05, 3.63) is 18.2 Å². The zero-order valence-electron chi connectivity index (χ0n) is 10.4. The summed E-state index contributed by atoms with van der Waals surface area (Å²) in [5, 5.41) is 3.41. The Bertz CT molecular complexity index is 545. The maximum Gasteiger partial charge on any atom is 0.201 e. The molecular weight excluding hydrogens is 228 g/mol. The fourth-order valence-corrected chi connectivity index (χ4v) is 2.38. The monoisotopic (exact) mass is 246 g/mol. The van der Waals surface area contributed by atoms with E-state index in [1.54, 1.807) is 0 Å². The molecule has 0 spiro atoms. The Labute approximate surface area is 106 Å². The molecule has 0 amide bonds. The van der Waals surface area contributed by atoms with Gasteiger partial charge in [0.1, 0.15) is 0 Å². The van der Waals surface area contributed by atoms with Crippen molar-refractivity contribution in [2.24, 2.45) is 5.92 Å². The molecular formula is C13H18N4O. The summed E-state index contributed by atoms with van der Waals surface area (Å²) in [5.74, 6) is 1.36. The number of ether oxygens (including phenoxy) is 1. The number of fused-ring (bicyclic) bond motifs is 1. The van der Waals surface area contributed by atoms with Crippen molar-refractivity contribution in [2.45, 2.75) is 19.4 Å². The molecule has 1 fully saturated rings. The van der Waals surface area contributed by atoms with Gasteiger partial charge in [-0.1, -0.05) is 0 Å². The van der Waals surface area contributed by atoms with Gasteiger partial charge in [0.15, 0.2) is 0 Å². The van der Waals surface area contributed by atoms with Crippen LogP contribution >= 0.6 is 0 Å². The van der Waals surface area contributed by atoms with Gasteiger partial charge in [0.05, 0.1) is 17.6 Å². The summed E-state index contributed by atoms with van der Waals surface area (Å²) in [6, 6.07) is 6.04. The average molecular weight is 246 g/mol. The van der Waals surface area contributed by atoms with Crippen LogP contribution in [0.1, 0.15) is 13.3 Å². The van der Waals surface area contributed by atoms with Crippen LogP contribution in [-0.4, -0.2) is 29.2 Å². The van der Waals surface area contributed by atoms with Crippen LogP contribution in [0.3, 0.4) is 0 Å². The van der Waals surface area contributed by atoms with Gasteiger partial charge in [0, 0.05) is 24.3 Å². The van der Waals surface area contributed by atoms with Crippen LogP contribution in [-0.2, 0) is 4.74 Å². The molecule has 5 nitrogen and oxygen atoms in total. The highest BCUT2D eigenvalue weighted by molar-refractivity contribution is 5.80.